The van der Waals surface area contributed by atoms with E-state index in [9.17, 15) is 10.1 Å². The predicted octanol–water partition coefficient (Wildman–Crippen LogP) is 3.89. The third kappa shape index (κ3) is 2.15. The van der Waals surface area contributed by atoms with Gasteiger partial charge in [0.15, 0.2) is 0 Å². The second kappa shape index (κ2) is 4.07. The zero-order valence-corrected chi connectivity index (χ0v) is 10.9. The molecule has 17 heavy (non-hydrogen) atoms. The Balaban J connectivity index is 2.54. The fourth-order valence-corrected chi connectivity index (χ4v) is 2.64. The maximum absolute atomic E-state index is 10.7. The molecule has 0 radical (unpaired) electrons. The molecule has 4 nitrogen and oxygen atoms in total. The van der Waals surface area contributed by atoms with Gasteiger partial charge in [-0.1, -0.05) is 20.8 Å². The van der Waals surface area contributed by atoms with Gasteiger partial charge in [0.25, 0.3) is 5.69 Å². The molecule has 0 aliphatic rings. The van der Waals surface area contributed by atoms with Gasteiger partial charge < -0.3 is 0 Å². The highest BCUT2D eigenvalue weighted by Crippen LogP contribution is 2.34. The molecule has 0 spiro atoms. The van der Waals surface area contributed by atoms with Crippen LogP contribution in [0.15, 0.2) is 18.2 Å². The summed E-state index contributed by atoms with van der Waals surface area (Å²) >= 11 is 1.54. The number of hydrogen-bond donors (Lipinski definition) is 0. The minimum Gasteiger partial charge on any atom is -0.258 e. The van der Waals surface area contributed by atoms with Crippen molar-refractivity contribution in [3.63, 3.8) is 0 Å². The number of non-ortho nitro benzene ring substituents is 1. The van der Waals surface area contributed by atoms with E-state index in [1.807, 2.05) is 0 Å². The van der Waals surface area contributed by atoms with E-state index >= 15 is 0 Å². The molecule has 0 N–H and O–H groups in total. The van der Waals surface area contributed by atoms with Gasteiger partial charge in [-0.05, 0) is 12.5 Å². The van der Waals surface area contributed by atoms with Crippen LogP contribution in [0, 0.1) is 10.1 Å². The van der Waals surface area contributed by atoms with Gasteiger partial charge in [0, 0.05) is 17.5 Å². The van der Waals surface area contributed by atoms with Crippen molar-refractivity contribution in [2.45, 2.75) is 32.6 Å². The largest absolute Gasteiger partial charge is 0.270 e. The number of benzene rings is 1. The van der Waals surface area contributed by atoms with E-state index in [1.54, 1.807) is 23.5 Å². The highest BCUT2D eigenvalue weighted by atomic mass is 32.1. The van der Waals surface area contributed by atoms with Gasteiger partial charge in [0.1, 0.15) is 0 Å². The van der Waals surface area contributed by atoms with Crippen LogP contribution in [-0.2, 0) is 5.41 Å². The number of nitrogens with zero attached hydrogens (tertiary/aromatic N) is 2. The Kier molecular flexibility index (Phi) is 2.87. The molecule has 0 saturated carbocycles. The van der Waals surface area contributed by atoms with Crippen molar-refractivity contribution in [2.75, 3.05) is 0 Å². The predicted molar refractivity (Wildman–Crippen MR) is 69.6 cm³/mol. The number of thiazole rings is 1. The van der Waals surface area contributed by atoms with Gasteiger partial charge in [0.05, 0.1) is 20.1 Å². The maximum Gasteiger partial charge on any atom is 0.270 e. The molecule has 0 saturated heterocycles. The molecule has 0 bridgehead atoms. The molecule has 1 aromatic carbocycles. The molecule has 0 fully saturated rings. The molecule has 2 rings (SSSR count). The summed E-state index contributed by atoms with van der Waals surface area (Å²) in [7, 11) is 0. The standard InChI is InChI=1S/C12H14N2O2S/c1-4-12(2,3)11-13-9-6-5-8(14(15)16)7-10(9)17-11/h5-7H,4H2,1-3H3. The number of nitro groups is 1. The average molecular weight is 250 g/mol. The van der Waals surface area contributed by atoms with E-state index in [2.05, 4.69) is 25.8 Å². The molecular weight excluding hydrogens is 236 g/mol. The van der Waals surface area contributed by atoms with E-state index in [0.717, 1.165) is 21.6 Å². The van der Waals surface area contributed by atoms with Gasteiger partial charge in [-0.25, -0.2) is 4.98 Å². The summed E-state index contributed by atoms with van der Waals surface area (Å²) in [6.45, 7) is 6.40. The van der Waals surface area contributed by atoms with Crippen LogP contribution in [0.2, 0.25) is 0 Å². The van der Waals surface area contributed by atoms with Crippen molar-refractivity contribution in [3.05, 3.63) is 33.3 Å². The summed E-state index contributed by atoms with van der Waals surface area (Å²) in [5, 5.41) is 11.7. The molecular formula is C12H14N2O2S. The Hall–Kier alpha value is -1.49. The first-order chi connectivity index (χ1) is 7.94. The summed E-state index contributed by atoms with van der Waals surface area (Å²) in [5.74, 6) is 0. The fraction of sp³-hybridized carbons (Fsp3) is 0.417. The van der Waals surface area contributed by atoms with Gasteiger partial charge in [-0.15, -0.1) is 11.3 Å². The van der Waals surface area contributed by atoms with Crippen LogP contribution in [-0.4, -0.2) is 9.91 Å². The summed E-state index contributed by atoms with van der Waals surface area (Å²) < 4.78 is 0.885. The Bertz CT molecular complexity index is 575. The lowest BCUT2D eigenvalue weighted by Crippen LogP contribution is -2.14. The van der Waals surface area contributed by atoms with Crippen molar-refractivity contribution >= 4 is 27.2 Å². The summed E-state index contributed by atoms with van der Waals surface area (Å²) in [6.07, 6.45) is 0.995. The monoisotopic (exact) mass is 250 g/mol. The lowest BCUT2D eigenvalue weighted by molar-refractivity contribution is -0.384. The molecule has 1 aromatic heterocycles. The van der Waals surface area contributed by atoms with Crippen LogP contribution in [0.3, 0.4) is 0 Å². The highest BCUT2D eigenvalue weighted by molar-refractivity contribution is 7.18. The van der Waals surface area contributed by atoms with Crippen molar-refractivity contribution < 1.29 is 4.92 Å². The van der Waals surface area contributed by atoms with E-state index in [4.69, 9.17) is 0 Å². The average Bonchev–Trinajstić information content (AvgIpc) is 2.72. The van der Waals surface area contributed by atoms with Crippen LogP contribution >= 0.6 is 11.3 Å². The zero-order chi connectivity index (χ0) is 12.6. The first kappa shape index (κ1) is 12.0. The third-order valence-electron chi connectivity index (χ3n) is 3.05. The summed E-state index contributed by atoms with van der Waals surface area (Å²) in [6, 6.07) is 4.83. The van der Waals surface area contributed by atoms with Crippen molar-refractivity contribution in [3.8, 4) is 0 Å². The SMILES string of the molecule is CCC(C)(C)c1nc2ccc([N+](=O)[O-])cc2s1. The Morgan fingerprint density at radius 3 is 2.76 bits per heavy atom. The van der Waals surface area contributed by atoms with E-state index < -0.39 is 0 Å². The number of fused-ring (bicyclic) bond motifs is 1. The van der Waals surface area contributed by atoms with Crippen molar-refractivity contribution in [1.82, 2.24) is 4.98 Å². The Morgan fingerprint density at radius 2 is 2.18 bits per heavy atom. The number of nitro benzene ring substituents is 1. The lowest BCUT2D eigenvalue weighted by Gasteiger charge is -2.18. The minimum atomic E-state index is -0.371. The molecule has 1 heterocycles. The van der Waals surface area contributed by atoms with Crippen LogP contribution in [0.4, 0.5) is 5.69 Å². The molecule has 0 amide bonds. The zero-order valence-electron chi connectivity index (χ0n) is 10.1. The van der Waals surface area contributed by atoms with Crippen LogP contribution in [0.25, 0.3) is 10.2 Å². The van der Waals surface area contributed by atoms with Crippen molar-refractivity contribution in [2.24, 2.45) is 0 Å². The van der Waals surface area contributed by atoms with Crippen LogP contribution < -0.4 is 0 Å². The molecule has 0 aliphatic heterocycles. The quantitative estimate of drug-likeness (QED) is 0.613. The maximum atomic E-state index is 10.7. The highest BCUT2D eigenvalue weighted by Gasteiger charge is 2.23. The summed E-state index contributed by atoms with van der Waals surface area (Å²) in [5.41, 5.74) is 0.998. The normalized spacial score (nSPS) is 11.9. The van der Waals surface area contributed by atoms with Crippen LogP contribution in [0.5, 0.6) is 0 Å². The van der Waals surface area contributed by atoms with Gasteiger partial charge in [-0.2, -0.15) is 0 Å². The fourth-order valence-electron chi connectivity index (χ4n) is 1.47. The smallest absolute Gasteiger partial charge is 0.258 e. The second-order valence-corrected chi connectivity index (χ2v) is 5.70. The van der Waals surface area contributed by atoms with E-state index in [0.29, 0.717) is 0 Å². The first-order valence-corrected chi connectivity index (χ1v) is 6.31. The molecule has 5 heteroatoms. The van der Waals surface area contributed by atoms with Gasteiger partial charge in [-0.3, -0.25) is 10.1 Å². The summed E-state index contributed by atoms with van der Waals surface area (Å²) in [4.78, 5) is 14.9. The molecule has 0 atom stereocenters. The number of rotatable bonds is 3. The molecule has 0 unspecified atom stereocenters. The van der Waals surface area contributed by atoms with Crippen LogP contribution in [0.1, 0.15) is 32.2 Å². The first-order valence-electron chi connectivity index (χ1n) is 5.49. The second-order valence-electron chi connectivity index (χ2n) is 4.67. The Labute approximate surface area is 103 Å². The van der Waals surface area contributed by atoms with Crippen molar-refractivity contribution in [1.29, 1.82) is 0 Å². The van der Waals surface area contributed by atoms with E-state index in [1.165, 1.54) is 6.07 Å². The molecule has 2 aromatic rings. The lowest BCUT2D eigenvalue weighted by atomic mass is 9.91. The minimum absolute atomic E-state index is 0.0263. The number of aromatic nitrogens is 1. The third-order valence-corrected chi connectivity index (χ3v) is 4.43. The topological polar surface area (TPSA) is 56.0 Å². The van der Waals surface area contributed by atoms with Gasteiger partial charge >= 0.3 is 0 Å². The molecule has 90 valence electrons. The molecule has 0 aliphatic carbocycles. The van der Waals surface area contributed by atoms with Gasteiger partial charge in [0.2, 0.25) is 0 Å². The van der Waals surface area contributed by atoms with E-state index in [-0.39, 0.29) is 16.0 Å². The number of hydrogen-bond acceptors (Lipinski definition) is 4. The Morgan fingerprint density at radius 1 is 1.47 bits per heavy atom.